The minimum atomic E-state index is -0.338. The summed E-state index contributed by atoms with van der Waals surface area (Å²) in [6, 6.07) is 11.8. The van der Waals surface area contributed by atoms with E-state index >= 15 is 0 Å². The van der Waals surface area contributed by atoms with Gasteiger partial charge in [0, 0.05) is 17.1 Å². The molecule has 1 aromatic carbocycles. The first-order valence-corrected chi connectivity index (χ1v) is 9.15. The van der Waals surface area contributed by atoms with Crippen molar-refractivity contribution in [3.8, 4) is 0 Å². The number of esters is 1. The minimum absolute atomic E-state index is 0.0508. The average molecular weight is 349 g/mol. The molecule has 0 aliphatic rings. The summed E-state index contributed by atoms with van der Waals surface area (Å²) in [7, 11) is 0. The van der Waals surface area contributed by atoms with E-state index in [0.717, 1.165) is 10.5 Å². The zero-order valence-electron chi connectivity index (χ0n) is 13.1. The third kappa shape index (κ3) is 5.41. The van der Waals surface area contributed by atoms with Gasteiger partial charge in [0.15, 0.2) is 0 Å². The first-order valence-electron chi connectivity index (χ1n) is 7.35. The van der Waals surface area contributed by atoms with Crippen LogP contribution < -0.4 is 5.32 Å². The number of nitrogens with one attached hydrogen (secondary N) is 1. The Morgan fingerprint density at radius 3 is 2.70 bits per heavy atom. The highest BCUT2D eigenvalue weighted by Crippen LogP contribution is 2.27. The normalized spacial score (nSPS) is 10.3. The van der Waals surface area contributed by atoms with Crippen LogP contribution in [-0.4, -0.2) is 24.2 Å². The molecule has 0 unspecified atom stereocenters. The Hall–Kier alpha value is -1.79. The number of aryl methyl sites for hydroxylation is 1. The quantitative estimate of drug-likeness (QED) is 0.596. The smallest absolute Gasteiger partial charge is 0.348 e. The number of thiophene rings is 1. The van der Waals surface area contributed by atoms with Gasteiger partial charge in [-0.25, -0.2) is 4.79 Å². The van der Waals surface area contributed by atoms with E-state index in [-0.39, 0.29) is 11.9 Å². The number of hydrogen-bond donors (Lipinski definition) is 1. The van der Waals surface area contributed by atoms with Gasteiger partial charge in [-0.05, 0) is 37.6 Å². The highest BCUT2D eigenvalue weighted by molar-refractivity contribution is 7.99. The van der Waals surface area contributed by atoms with Crippen LogP contribution in [0.5, 0.6) is 0 Å². The summed E-state index contributed by atoms with van der Waals surface area (Å²) < 4.78 is 5.00. The van der Waals surface area contributed by atoms with E-state index in [2.05, 4.69) is 5.32 Å². The largest absolute Gasteiger partial charge is 0.462 e. The van der Waals surface area contributed by atoms with Crippen molar-refractivity contribution in [1.82, 2.24) is 0 Å². The molecule has 0 saturated heterocycles. The van der Waals surface area contributed by atoms with Crippen LogP contribution in [0.3, 0.4) is 0 Å². The zero-order valence-corrected chi connectivity index (χ0v) is 14.8. The number of benzene rings is 1. The van der Waals surface area contributed by atoms with E-state index in [1.165, 1.54) is 11.3 Å². The standard InChI is InChI=1S/C17H19NO3S2/c1-3-21-17(20)16-12(2)11-15(23-16)18-14(19)9-10-22-13-7-5-4-6-8-13/h4-8,11H,3,9-10H2,1-2H3,(H,18,19). The topological polar surface area (TPSA) is 55.4 Å². The zero-order chi connectivity index (χ0) is 16.7. The summed E-state index contributed by atoms with van der Waals surface area (Å²) in [4.78, 5) is 25.4. The Morgan fingerprint density at radius 2 is 2.00 bits per heavy atom. The van der Waals surface area contributed by atoms with Crippen LogP contribution in [0.2, 0.25) is 0 Å². The molecule has 1 amide bonds. The van der Waals surface area contributed by atoms with Crippen molar-refractivity contribution < 1.29 is 14.3 Å². The van der Waals surface area contributed by atoms with Crippen molar-refractivity contribution in [2.24, 2.45) is 0 Å². The van der Waals surface area contributed by atoms with Gasteiger partial charge in [-0.15, -0.1) is 23.1 Å². The fourth-order valence-electron chi connectivity index (χ4n) is 1.92. The van der Waals surface area contributed by atoms with E-state index < -0.39 is 0 Å². The van der Waals surface area contributed by atoms with E-state index in [4.69, 9.17) is 4.74 Å². The van der Waals surface area contributed by atoms with Gasteiger partial charge < -0.3 is 10.1 Å². The van der Waals surface area contributed by atoms with Gasteiger partial charge in [0.2, 0.25) is 5.91 Å². The lowest BCUT2D eigenvalue weighted by molar-refractivity contribution is -0.115. The minimum Gasteiger partial charge on any atom is -0.462 e. The third-order valence-corrected chi connectivity index (χ3v) is 5.13. The Kier molecular flexibility index (Phi) is 6.67. The molecule has 4 nitrogen and oxygen atoms in total. The monoisotopic (exact) mass is 349 g/mol. The molecule has 23 heavy (non-hydrogen) atoms. The predicted molar refractivity (Wildman–Crippen MR) is 95.4 cm³/mol. The van der Waals surface area contributed by atoms with Crippen molar-refractivity contribution >= 4 is 40.0 Å². The molecule has 0 fully saturated rings. The fourth-order valence-corrected chi connectivity index (χ4v) is 3.78. The molecule has 1 aromatic heterocycles. The molecule has 0 aliphatic carbocycles. The van der Waals surface area contributed by atoms with Gasteiger partial charge in [-0.1, -0.05) is 18.2 Å². The van der Waals surface area contributed by atoms with Crippen molar-refractivity contribution in [2.45, 2.75) is 25.2 Å². The fraction of sp³-hybridized carbons (Fsp3) is 0.294. The van der Waals surface area contributed by atoms with Crippen molar-refractivity contribution in [2.75, 3.05) is 17.7 Å². The molecule has 1 N–H and O–H groups in total. The number of carbonyl (C=O) groups excluding carboxylic acids is 2. The van der Waals surface area contributed by atoms with E-state index in [1.807, 2.05) is 37.3 Å². The van der Waals surface area contributed by atoms with Gasteiger partial charge in [0.1, 0.15) is 4.88 Å². The first-order chi connectivity index (χ1) is 11.1. The summed E-state index contributed by atoms with van der Waals surface area (Å²) >= 11 is 2.90. The summed E-state index contributed by atoms with van der Waals surface area (Å²) in [5.41, 5.74) is 0.822. The van der Waals surface area contributed by atoms with E-state index in [0.29, 0.717) is 28.7 Å². The van der Waals surface area contributed by atoms with E-state index in [1.54, 1.807) is 24.8 Å². The maximum absolute atomic E-state index is 12.0. The van der Waals surface area contributed by atoms with Crippen LogP contribution in [0.1, 0.15) is 28.6 Å². The van der Waals surface area contributed by atoms with Gasteiger partial charge in [0.25, 0.3) is 0 Å². The number of anilines is 1. The van der Waals surface area contributed by atoms with Gasteiger partial charge in [0.05, 0.1) is 11.6 Å². The predicted octanol–water partition coefficient (Wildman–Crippen LogP) is 4.35. The first kappa shape index (κ1) is 17.6. The molecular formula is C17H19NO3S2. The van der Waals surface area contributed by atoms with Crippen molar-refractivity contribution in [3.05, 3.63) is 46.8 Å². The number of thioether (sulfide) groups is 1. The number of amides is 1. The van der Waals surface area contributed by atoms with Crippen molar-refractivity contribution in [3.63, 3.8) is 0 Å². The van der Waals surface area contributed by atoms with Gasteiger partial charge >= 0.3 is 5.97 Å². The van der Waals surface area contributed by atoms with Gasteiger partial charge in [-0.2, -0.15) is 0 Å². The average Bonchev–Trinajstić information content (AvgIpc) is 2.89. The number of carbonyl (C=O) groups is 2. The lowest BCUT2D eigenvalue weighted by Gasteiger charge is -2.03. The van der Waals surface area contributed by atoms with Crippen LogP contribution in [0.15, 0.2) is 41.3 Å². The summed E-state index contributed by atoms with van der Waals surface area (Å²) in [5, 5.41) is 3.53. The molecule has 2 aromatic rings. The maximum atomic E-state index is 12.0. The Morgan fingerprint density at radius 1 is 1.26 bits per heavy atom. The van der Waals surface area contributed by atoms with E-state index in [9.17, 15) is 9.59 Å². The summed E-state index contributed by atoms with van der Waals surface area (Å²) in [6.45, 7) is 3.95. The second kappa shape index (κ2) is 8.74. The SMILES string of the molecule is CCOC(=O)c1sc(NC(=O)CCSc2ccccc2)cc1C. The second-order valence-electron chi connectivity index (χ2n) is 4.80. The Balaban J connectivity index is 1.83. The molecule has 0 bridgehead atoms. The molecule has 0 radical (unpaired) electrons. The maximum Gasteiger partial charge on any atom is 0.348 e. The highest BCUT2D eigenvalue weighted by atomic mass is 32.2. The van der Waals surface area contributed by atoms with Crippen LogP contribution in [0.4, 0.5) is 5.00 Å². The molecule has 2 rings (SSSR count). The van der Waals surface area contributed by atoms with Crippen LogP contribution in [0.25, 0.3) is 0 Å². The molecule has 6 heteroatoms. The highest BCUT2D eigenvalue weighted by Gasteiger charge is 2.15. The second-order valence-corrected chi connectivity index (χ2v) is 7.02. The molecule has 122 valence electrons. The van der Waals surface area contributed by atoms with Gasteiger partial charge in [-0.3, -0.25) is 4.79 Å². The Bertz CT molecular complexity index is 668. The third-order valence-electron chi connectivity index (χ3n) is 2.98. The van der Waals surface area contributed by atoms with Crippen molar-refractivity contribution in [1.29, 1.82) is 0 Å². The summed E-state index contributed by atoms with van der Waals surface area (Å²) in [6.07, 6.45) is 0.422. The molecular weight excluding hydrogens is 330 g/mol. The number of ether oxygens (including phenoxy) is 1. The molecule has 1 heterocycles. The number of hydrogen-bond acceptors (Lipinski definition) is 5. The molecule has 0 spiro atoms. The molecule has 0 atom stereocenters. The lowest BCUT2D eigenvalue weighted by Crippen LogP contribution is -2.11. The lowest BCUT2D eigenvalue weighted by atomic mass is 10.3. The summed E-state index contributed by atoms with van der Waals surface area (Å²) in [5.74, 6) is 0.325. The van der Waals surface area contributed by atoms with Crippen LogP contribution >= 0.6 is 23.1 Å². The number of rotatable bonds is 7. The Labute approximate surface area is 144 Å². The van der Waals surface area contributed by atoms with Crippen LogP contribution in [-0.2, 0) is 9.53 Å². The van der Waals surface area contributed by atoms with Crippen LogP contribution in [0, 0.1) is 6.92 Å². The molecule has 0 aliphatic heterocycles. The molecule has 0 saturated carbocycles.